The highest BCUT2D eigenvalue weighted by molar-refractivity contribution is 5.97. The number of carbonyl (C=O) groups excluding carboxylic acids is 1. The van der Waals surface area contributed by atoms with E-state index in [0.29, 0.717) is 12.6 Å². The maximum absolute atomic E-state index is 12.1. The summed E-state index contributed by atoms with van der Waals surface area (Å²) < 4.78 is 5.70. The predicted octanol–water partition coefficient (Wildman–Crippen LogP) is 2.68. The van der Waals surface area contributed by atoms with Gasteiger partial charge in [0.05, 0.1) is 12.6 Å². The van der Waals surface area contributed by atoms with Crippen LogP contribution in [-0.4, -0.2) is 43.5 Å². The molecule has 0 amide bonds. The molecule has 1 aromatic carbocycles. The van der Waals surface area contributed by atoms with Gasteiger partial charge < -0.3 is 4.74 Å². The summed E-state index contributed by atoms with van der Waals surface area (Å²) in [6, 6.07) is 7.78. The fraction of sp³-hybridized carbons (Fsp3) is 0.562. The number of rotatable bonds is 5. The second-order valence-electron chi connectivity index (χ2n) is 5.47. The molecular formula is C16H23NO2. The van der Waals surface area contributed by atoms with E-state index in [1.165, 1.54) is 18.4 Å². The number of Topliss-reactive ketones (excluding diaryl/α,β-unsaturated/α-hetero) is 1. The van der Waals surface area contributed by atoms with Crippen LogP contribution in [0.25, 0.3) is 0 Å². The van der Waals surface area contributed by atoms with Crippen LogP contribution < -0.4 is 0 Å². The number of benzene rings is 1. The number of likely N-dealkylation sites (N-methyl/N-ethyl adjacent to an activating group) is 1. The molecule has 3 heteroatoms. The molecule has 0 aromatic heterocycles. The van der Waals surface area contributed by atoms with Gasteiger partial charge in [0.15, 0.2) is 5.78 Å². The Morgan fingerprint density at radius 3 is 2.68 bits per heavy atom. The number of nitrogens with zero attached hydrogens (tertiary/aromatic N) is 1. The molecule has 1 aromatic rings. The van der Waals surface area contributed by atoms with Gasteiger partial charge in [-0.15, -0.1) is 0 Å². The molecule has 0 N–H and O–H groups in total. The van der Waals surface area contributed by atoms with E-state index in [2.05, 4.69) is 4.90 Å². The maximum atomic E-state index is 12.1. The topological polar surface area (TPSA) is 29.5 Å². The largest absolute Gasteiger partial charge is 0.377 e. The van der Waals surface area contributed by atoms with E-state index >= 15 is 0 Å². The quantitative estimate of drug-likeness (QED) is 0.763. The van der Waals surface area contributed by atoms with Crippen LogP contribution in [0.5, 0.6) is 0 Å². The van der Waals surface area contributed by atoms with Crippen molar-refractivity contribution in [1.82, 2.24) is 4.90 Å². The molecule has 0 aliphatic carbocycles. The smallest absolute Gasteiger partial charge is 0.176 e. The van der Waals surface area contributed by atoms with Crippen LogP contribution in [0.15, 0.2) is 24.3 Å². The number of carbonyl (C=O) groups is 1. The van der Waals surface area contributed by atoms with Crippen molar-refractivity contribution in [2.75, 3.05) is 26.7 Å². The molecule has 2 rings (SSSR count). The van der Waals surface area contributed by atoms with Crippen LogP contribution in [-0.2, 0) is 4.74 Å². The SMILES string of the molecule is Cc1ccc(C(=O)CN(C)CC2CCCCO2)cc1. The van der Waals surface area contributed by atoms with Crippen LogP contribution >= 0.6 is 0 Å². The molecule has 104 valence electrons. The first kappa shape index (κ1) is 14.2. The average molecular weight is 261 g/mol. The van der Waals surface area contributed by atoms with Gasteiger partial charge in [-0.3, -0.25) is 9.69 Å². The van der Waals surface area contributed by atoms with Crippen molar-refractivity contribution in [3.8, 4) is 0 Å². The zero-order valence-corrected chi connectivity index (χ0v) is 11.9. The van der Waals surface area contributed by atoms with Crippen molar-refractivity contribution in [3.05, 3.63) is 35.4 Å². The lowest BCUT2D eigenvalue weighted by Gasteiger charge is -2.27. The first-order valence-corrected chi connectivity index (χ1v) is 7.05. The highest BCUT2D eigenvalue weighted by atomic mass is 16.5. The van der Waals surface area contributed by atoms with Gasteiger partial charge in [-0.2, -0.15) is 0 Å². The Balaban J connectivity index is 1.82. The number of aryl methyl sites for hydroxylation is 1. The molecule has 1 atom stereocenters. The van der Waals surface area contributed by atoms with Crippen LogP contribution in [0.2, 0.25) is 0 Å². The Labute approximate surface area is 115 Å². The lowest BCUT2D eigenvalue weighted by Crippen LogP contribution is -2.36. The van der Waals surface area contributed by atoms with Crippen molar-refractivity contribution in [3.63, 3.8) is 0 Å². The van der Waals surface area contributed by atoms with E-state index in [9.17, 15) is 4.79 Å². The molecule has 1 aliphatic rings. The summed E-state index contributed by atoms with van der Waals surface area (Å²) in [4.78, 5) is 14.2. The zero-order valence-electron chi connectivity index (χ0n) is 11.9. The predicted molar refractivity (Wildman–Crippen MR) is 76.6 cm³/mol. The summed E-state index contributed by atoms with van der Waals surface area (Å²) in [6.07, 6.45) is 3.82. The van der Waals surface area contributed by atoms with Crippen LogP contribution in [0.1, 0.15) is 35.2 Å². The van der Waals surface area contributed by atoms with Gasteiger partial charge >= 0.3 is 0 Å². The third kappa shape index (κ3) is 4.44. The Bertz CT molecular complexity index is 407. The molecule has 3 nitrogen and oxygen atoms in total. The highest BCUT2D eigenvalue weighted by Crippen LogP contribution is 2.13. The van der Waals surface area contributed by atoms with Crippen LogP contribution in [0.4, 0.5) is 0 Å². The lowest BCUT2D eigenvalue weighted by molar-refractivity contribution is -0.000668. The molecule has 1 aliphatic heterocycles. The van der Waals surface area contributed by atoms with Gasteiger partial charge in [-0.05, 0) is 33.2 Å². The standard InChI is InChI=1S/C16H23NO2/c1-13-6-8-14(9-7-13)16(18)12-17(2)11-15-5-3-4-10-19-15/h6-9,15H,3-5,10-12H2,1-2H3. The van der Waals surface area contributed by atoms with Gasteiger partial charge in [-0.25, -0.2) is 0 Å². The van der Waals surface area contributed by atoms with E-state index in [1.54, 1.807) is 0 Å². The van der Waals surface area contributed by atoms with E-state index < -0.39 is 0 Å². The molecule has 1 heterocycles. The fourth-order valence-electron chi connectivity index (χ4n) is 2.44. The molecule has 0 saturated carbocycles. The summed E-state index contributed by atoms with van der Waals surface area (Å²) in [5.74, 6) is 0.179. The van der Waals surface area contributed by atoms with E-state index in [-0.39, 0.29) is 5.78 Å². The molecule has 19 heavy (non-hydrogen) atoms. The fourth-order valence-corrected chi connectivity index (χ4v) is 2.44. The Morgan fingerprint density at radius 1 is 1.32 bits per heavy atom. The van der Waals surface area contributed by atoms with Gasteiger partial charge in [0.2, 0.25) is 0 Å². The van der Waals surface area contributed by atoms with Crippen molar-refractivity contribution < 1.29 is 9.53 Å². The first-order valence-electron chi connectivity index (χ1n) is 7.05. The first-order chi connectivity index (χ1) is 9.15. The summed E-state index contributed by atoms with van der Waals surface area (Å²) in [5, 5.41) is 0. The van der Waals surface area contributed by atoms with E-state index in [4.69, 9.17) is 4.74 Å². The van der Waals surface area contributed by atoms with E-state index in [0.717, 1.165) is 25.1 Å². The summed E-state index contributed by atoms with van der Waals surface area (Å²) >= 11 is 0. The average Bonchev–Trinajstić information content (AvgIpc) is 2.40. The monoisotopic (exact) mass is 261 g/mol. The Kier molecular flexibility index (Phi) is 5.11. The van der Waals surface area contributed by atoms with Crippen LogP contribution in [0.3, 0.4) is 0 Å². The second kappa shape index (κ2) is 6.83. The van der Waals surface area contributed by atoms with Crippen molar-refractivity contribution in [2.24, 2.45) is 0 Å². The minimum absolute atomic E-state index is 0.179. The van der Waals surface area contributed by atoms with Gasteiger partial charge in [0.25, 0.3) is 0 Å². The van der Waals surface area contributed by atoms with Gasteiger partial charge in [0, 0.05) is 18.7 Å². The van der Waals surface area contributed by atoms with Crippen LogP contribution in [0, 0.1) is 6.92 Å². The number of ketones is 1. The molecule has 1 fully saturated rings. The molecular weight excluding hydrogens is 238 g/mol. The third-order valence-electron chi connectivity index (χ3n) is 3.58. The number of ether oxygens (including phenoxy) is 1. The molecule has 1 saturated heterocycles. The summed E-state index contributed by atoms with van der Waals surface area (Å²) in [6.45, 7) is 4.20. The maximum Gasteiger partial charge on any atom is 0.176 e. The van der Waals surface area contributed by atoms with Crippen molar-refractivity contribution in [2.45, 2.75) is 32.3 Å². The van der Waals surface area contributed by atoms with Crippen molar-refractivity contribution >= 4 is 5.78 Å². The minimum atomic E-state index is 0.179. The lowest BCUT2D eigenvalue weighted by atomic mass is 10.1. The Hall–Kier alpha value is -1.19. The summed E-state index contributed by atoms with van der Waals surface area (Å²) in [7, 11) is 1.99. The normalized spacial score (nSPS) is 19.6. The minimum Gasteiger partial charge on any atom is -0.377 e. The third-order valence-corrected chi connectivity index (χ3v) is 3.58. The second-order valence-corrected chi connectivity index (χ2v) is 5.47. The molecule has 0 radical (unpaired) electrons. The van der Waals surface area contributed by atoms with Gasteiger partial charge in [-0.1, -0.05) is 29.8 Å². The molecule has 1 unspecified atom stereocenters. The molecule has 0 spiro atoms. The van der Waals surface area contributed by atoms with Crippen molar-refractivity contribution in [1.29, 1.82) is 0 Å². The highest BCUT2D eigenvalue weighted by Gasteiger charge is 2.17. The van der Waals surface area contributed by atoms with Gasteiger partial charge in [0.1, 0.15) is 0 Å². The summed E-state index contributed by atoms with van der Waals surface area (Å²) in [5.41, 5.74) is 1.97. The zero-order chi connectivity index (χ0) is 13.7. The Morgan fingerprint density at radius 2 is 2.05 bits per heavy atom. The molecule has 0 bridgehead atoms. The number of hydrogen-bond acceptors (Lipinski definition) is 3. The number of hydrogen-bond donors (Lipinski definition) is 0. The van der Waals surface area contributed by atoms with E-state index in [1.807, 2.05) is 38.2 Å².